The highest BCUT2D eigenvalue weighted by Gasteiger charge is 2.28. The quantitative estimate of drug-likeness (QED) is 0.601. The number of anilines is 2. The summed E-state index contributed by atoms with van der Waals surface area (Å²) in [5.41, 5.74) is 1.29. The Kier molecular flexibility index (Phi) is 8.10. The van der Waals surface area contributed by atoms with E-state index in [0.717, 1.165) is 19.3 Å². The Morgan fingerprint density at radius 1 is 1.11 bits per heavy atom. The zero-order chi connectivity index (χ0) is 20.5. The number of benzene rings is 1. The molecule has 4 N–H and O–H groups in total. The van der Waals surface area contributed by atoms with E-state index < -0.39 is 0 Å². The van der Waals surface area contributed by atoms with Crippen LogP contribution < -0.4 is 21.3 Å². The lowest BCUT2D eigenvalue weighted by Gasteiger charge is -2.32. The number of rotatable bonds is 6. The Labute approximate surface area is 166 Å². The summed E-state index contributed by atoms with van der Waals surface area (Å²) >= 11 is 0. The fraction of sp³-hybridized carbons (Fsp3) is 0.550. The average molecular weight is 390 g/mol. The Hall–Kier alpha value is -2.77. The molecule has 1 aromatic carbocycles. The van der Waals surface area contributed by atoms with E-state index >= 15 is 0 Å². The summed E-state index contributed by atoms with van der Waals surface area (Å²) in [5.74, 6) is -0.167. The van der Waals surface area contributed by atoms with Crippen molar-refractivity contribution in [1.29, 1.82) is 0 Å². The largest absolute Gasteiger partial charge is 0.354 e. The van der Waals surface area contributed by atoms with Gasteiger partial charge in [-0.3, -0.25) is 4.79 Å². The normalized spacial score (nSPS) is 16.4. The Bertz CT molecular complexity index is 675. The van der Waals surface area contributed by atoms with E-state index in [4.69, 9.17) is 0 Å². The fourth-order valence-electron chi connectivity index (χ4n) is 3.03. The van der Waals surface area contributed by atoms with Gasteiger partial charge in [0.1, 0.15) is 0 Å². The van der Waals surface area contributed by atoms with Crippen LogP contribution in [-0.4, -0.2) is 48.5 Å². The molecule has 0 radical (unpaired) electrons. The summed E-state index contributed by atoms with van der Waals surface area (Å²) in [7, 11) is 0. The predicted octanol–water partition coefficient (Wildman–Crippen LogP) is 2.99. The molecular weight excluding hydrogens is 358 g/mol. The van der Waals surface area contributed by atoms with Crippen LogP contribution in [0.5, 0.6) is 0 Å². The van der Waals surface area contributed by atoms with Crippen LogP contribution in [0, 0.1) is 5.92 Å². The van der Waals surface area contributed by atoms with Crippen molar-refractivity contribution in [3.63, 3.8) is 0 Å². The molecule has 8 nitrogen and oxygen atoms in total. The highest BCUT2D eigenvalue weighted by Crippen LogP contribution is 2.19. The Morgan fingerprint density at radius 3 is 2.36 bits per heavy atom. The number of amides is 5. The summed E-state index contributed by atoms with van der Waals surface area (Å²) < 4.78 is 0. The molecule has 5 amide bonds. The van der Waals surface area contributed by atoms with E-state index in [1.165, 1.54) is 0 Å². The van der Waals surface area contributed by atoms with Crippen LogP contribution in [0.2, 0.25) is 0 Å². The number of nitrogens with zero attached hydrogens (tertiary/aromatic N) is 1. The van der Waals surface area contributed by atoms with Crippen molar-refractivity contribution in [2.45, 2.75) is 46.1 Å². The third kappa shape index (κ3) is 6.75. The zero-order valence-corrected chi connectivity index (χ0v) is 16.9. The third-order valence-electron chi connectivity index (χ3n) is 4.44. The number of carbonyl (C=O) groups is 3. The second-order valence-electron chi connectivity index (χ2n) is 7.34. The second kappa shape index (κ2) is 10.5. The van der Waals surface area contributed by atoms with Gasteiger partial charge < -0.3 is 26.2 Å². The molecule has 1 aromatic rings. The fourth-order valence-corrected chi connectivity index (χ4v) is 3.03. The molecule has 1 saturated heterocycles. The Morgan fingerprint density at radius 2 is 1.75 bits per heavy atom. The monoisotopic (exact) mass is 389 g/mol. The zero-order valence-electron chi connectivity index (χ0n) is 16.9. The van der Waals surface area contributed by atoms with Crippen LogP contribution >= 0.6 is 0 Å². The average Bonchev–Trinajstić information content (AvgIpc) is 2.67. The second-order valence-corrected chi connectivity index (χ2v) is 7.34. The van der Waals surface area contributed by atoms with Crippen molar-refractivity contribution >= 4 is 29.3 Å². The molecular formula is C20H31N5O3. The summed E-state index contributed by atoms with van der Waals surface area (Å²) in [6, 6.07) is 6.56. The van der Waals surface area contributed by atoms with Gasteiger partial charge in [0.15, 0.2) is 0 Å². The number of nitrogens with one attached hydrogen (secondary N) is 4. The molecule has 0 aromatic heterocycles. The molecule has 1 atom stereocenters. The minimum absolute atomic E-state index is 0.00396. The molecule has 154 valence electrons. The maximum absolute atomic E-state index is 12.5. The lowest BCUT2D eigenvalue weighted by molar-refractivity contribution is -0.126. The van der Waals surface area contributed by atoms with Crippen molar-refractivity contribution in [1.82, 2.24) is 15.5 Å². The van der Waals surface area contributed by atoms with E-state index in [-0.39, 0.29) is 29.9 Å². The van der Waals surface area contributed by atoms with Crippen LogP contribution in [0.25, 0.3) is 0 Å². The van der Waals surface area contributed by atoms with Crippen LogP contribution in [0.3, 0.4) is 0 Å². The van der Waals surface area contributed by atoms with Gasteiger partial charge in [0, 0.05) is 37.1 Å². The first kappa shape index (κ1) is 21.5. The van der Waals surface area contributed by atoms with Crippen molar-refractivity contribution in [2.75, 3.05) is 30.3 Å². The Balaban J connectivity index is 1.86. The van der Waals surface area contributed by atoms with E-state index in [9.17, 15) is 14.4 Å². The van der Waals surface area contributed by atoms with Gasteiger partial charge in [-0.1, -0.05) is 6.92 Å². The first-order valence-corrected chi connectivity index (χ1v) is 9.90. The van der Waals surface area contributed by atoms with Gasteiger partial charge in [-0.2, -0.15) is 0 Å². The number of hydrogen-bond acceptors (Lipinski definition) is 3. The van der Waals surface area contributed by atoms with Crippen molar-refractivity contribution in [3.8, 4) is 0 Å². The number of likely N-dealkylation sites (tertiary alicyclic amines) is 1. The topological polar surface area (TPSA) is 103 Å². The highest BCUT2D eigenvalue weighted by atomic mass is 16.2. The van der Waals surface area contributed by atoms with Gasteiger partial charge in [0.2, 0.25) is 5.91 Å². The van der Waals surface area contributed by atoms with Crippen LogP contribution in [0.15, 0.2) is 24.3 Å². The standard InChI is InChI=1S/C20H31N5O3/c1-4-11-21-19(27)23-16-7-9-17(10-8-16)24-20(28)25-12-5-6-15(13-25)18(26)22-14(2)3/h7-10,14-15H,4-6,11-13H2,1-3H3,(H,22,26)(H,24,28)(H2,21,23,27). The first-order valence-electron chi connectivity index (χ1n) is 9.90. The van der Waals surface area contributed by atoms with Gasteiger partial charge in [-0.25, -0.2) is 9.59 Å². The van der Waals surface area contributed by atoms with Gasteiger partial charge in [-0.05, 0) is 57.4 Å². The molecule has 1 aliphatic rings. The minimum Gasteiger partial charge on any atom is -0.354 e. The lowest BCUT2D eigenvalue weighted by Crippen LogP contribution is -2.47. The molecule has 8 heteroatoms. The van der Waals surface area contributed by atoms with E-state index in [0.29, 0.717) is 31.0 Å². The minimum atomic E-state index is -0.252. The van der Waals surface area contributed by atoms with Crippen molar-refractivity contribution in [3.05, 3.63) is 24.3 Å². The van der Waals surface area contributed by atoms with Crippen LogP contribution in [0.1, 0.15) is 40.0 Å². The summed E-state index contributed by atoms with van der Waals surface area (Å²) in [5, 5.41) is 11.2. The molecule has 1 aliphatic heterocycles. The molecule has 0 saturated carbocycles. The van der Waals surface area contributed by atoms with Crippen molar-refractivity contribution in [2.24, 2.45) is 5.92 Å². The van der Waals surface area contributed by atoms with Gasteiger partial charge >= 0.3 is 12.1 Å². The SMILES string of the molecule is CCCNC(=O)Nc1ccc(NC(=O)N2CCCC(C(=O)NC(C)C)C2)cc1. The van der Waals surface area contributed by atoms with E-state index in [1.807, 2.05) is 20.8 Å². The maximum atomic E-state index is 12.5. The smallest absolute Gasteiger partial charge is 0.321 e. The number of urea groups is 2. The molecule has 1 unspecified atom stereocenters. The number of carbonyl (C=O) groups excluding carboxylic acids is 3. The number of piperidine rings is 1. The van der Waals surface area contributed by atoms with Gasteiger partial charge in [0.05, 0.1) is 5.92 Å². The summed E-state index contributed by atoms with van der Waals surface area (Å²) in [4.78, 5) is 38.1. The molecule has 1 heterocycles. The third-order valence-corrected chi connectivity index (χ3v) is 4.44. The first-order chi connectivity index (χ1) is 13.4. The summed E-state index contributed by atoms with van der Waals surface area (Å²) in [6.07, 6.45) is 2.47. The van der Waals surface area contributed by atoms with Gasteiger partial charge in [0.25, 0.3) is 0 Å². The number of hydrogen-bond donors (Lipinski definition) is 4. The molecule has 1 fully saturated rings. The molecule has 2 rings (SSSR count). The van der Waals surface area contributed by atoms with E-state index in [1.54, 1.807) is 29.2 Å². The molecule has 0 aliphatic carbocycles. The van der Waals surface area contributed by atoms with Gasteiger partial charge in [-0.15, -0.1) is 0 Å². The summed E-state index contributed by atoms with van der Waals surface area (Å²) in [6.45, 7) is 7.51. The maximum Gasteiger partial charge on any atom is 0.321 e. The molecule has 28 heavy (non-hydrogen) atoms. The predicted molar refractivity (Wildman–Crippen MR) is 110 cm³/mol. The van der Waals surface area contributed by atoms with Crippen LogP contribution in [0.4, 0.5) is 21.0 Å². The molecule has 0 bridgehead atoms. The highest BCUT2D eigenvalue weighted by molar-refractivity contribution is 5.92. The lowest BCUT2D eigenvalue weighted by atomic mass is 9.97. The molecule has 0 spiro atoms. The van der Waals surface area contributed by atoms with E-state index in [2.05, 4.69) is 21.3 Å². The van der Waals surface area contributed by atoms with Crippen molar-refractivity contribution < 1.29 is 14.4 Å². The van der Waals surface area contributed by atoms with Crippen LogP contribution in [-0.2, 0) is 4.79 Å².